The highest BCUT2D eigenvalue weighted by Crippen LogP contribution is 2.20. The lowest BCUT2D eigenvalue weighted by Crippen LogP contribution is -2.33. The average molecular weight is 393 g/mol. The van der Waals surface area contributed by atoms with Crippen LogP contribution in [0.5, 0.6) is 0 Å². The van der Waals surface area contributed by atoms with Crippen LogP contribution in [-0.2, 0) is 16.6 Å². The Bertz CT molecular complexity index is 1090. The predicted molar refractivity (Wildman–Crippen MR) is 109 cm³/mol. The first-order chi connectivity index (χ1) is 13.9. The molecule has 0 saturated carbocycles. The van der Waals surface area contributed by atoms with E-state index >= 15 is 0 Å². The zero-order valence-electron chi connectivity index (χ0n) is 16.6. The van der Waals surface area contributed by atoms with E-state index in [-0.39, 0.29) is 23.8 Å². The molecule has 3 aromatic rings. The number of aromatic nitrogens is 2. The molecule has 7 heteroatoms. The number of nitrogens with one attached hydrogen (secondary N) is 1. The Morgan fingerprint density at radius 2 is 1.66 bits per heavy atom. The number of benzene rings is 2. The lowest BCUT2D eigenvalue weighted by Gasteiger charge is -2.20. The maximum atomic E-state index is 13.1. The minimum atomic E-state index is -0.590. The lowest BCUT2D eigenvalue weighted by atomic mass is 10.0. The number of nitrogens with zero attached hydrogens (tertiary/aromatic N) is 2. The van der Waals surface area contributed by atoms with Gasteiger partial charge in [-0.25, -0.2) is 4.68 Å². The van der Waals surface area contributed by atoms with E-state index in [1.807, 2.05) is 30.3 Å². The van der Waals surface area contributed by atoms with E-state index in [1.54, 1.807) is 38.1 Å². The SMILES string of the molecule is CC(C)OC(=O)C[C@H](NC(=O)c1nn(C)c(=O)c2ccccc12)c1ccccc1. The normalized spacial score (nSPS) is 12.0. The Hall–Kier alpha value is -3.48. The van der Waals surface area contributed by atoms with Gasteiger partial charge in [0.2, 0.25) is 0 Å². The minimum Gasteiger partial charge on any atom is -0.463 e. The van der Waals surface area contributed by atoms with Gasteiger partial charge in [0.05, 0.1) is 24.0 Å². The highest BCUT2D eigenvalue weighted by molar-refractivity contribution is 6.05. The number of hydrogen-bond donors (Lipinski definition) is 1. The highest BCUT2D eigenvalue weighted by atomic mass is 16.5. The number of carbonyl (C=O) groups is 2. The van der Waals surface area contributed by atoms with Crippen molar-refractivity contribution in [3.8, 4) is 0 Å². The van der Waals surface area contributed by atoms with E-state index in [0.717, 1.165) is 10.2 Å². The molecule has 0 aliphatic heterocycles. The van der Waals surface area contributed by atoms with Crippen molar-refractivity contribution in [2.24, 2.45) is 7.05 Å². The molecule has 1 atom stereocenters. The number of ether oxygens (including phenoxy) is 1. The zero-order chi connectivity index (χ0) is 21.0. The third-order valence-corrected chi connectivity index (χ3v) is 4.42. The fourth-order valence-corrected chi connectivity index (χ4v) is 3.11. The van der Waals surface area contributed by atoms with E-state index in [1.165, 1.54) is 7.05 Å². The molecule has 0 spiro atoms. The van der Waals surface area contributed by atoms with Gasteiger partial charge in [0.1, 0.15) is 0 Å². The fourth-order valence-electron chi connectivity index (χ4n) is 3.11. The molecule has 0 aliphatic rings. The van der Waals surface area contributed by atoms with E-state index in [4.69, 9.17) is 4.74 Å². The lowest BCUT2D eigenvalue weighted by molar-refractivity contribution is -0.147. The number of hydrogen-bond acceptors (Lipinski definition) is 5. The maximum absolute atomic E-state index is 13.1. The summed E-state index contributed by atoms with van der Waals surface area (Å²) in [4.78, 5) is 37.6. The first-order valence-corrected chi connectivity index (χ1v) is 9.38. The standard InChI is InChI=1S/C22H23N3O4/c1-14(2)29-19(26)13-18(15-9-5-4-6-10-15)23-21(27)20-16-11-7-8-12-17(16)22(28)25(3)24-20/h4-12,14,18H,13H2,1-3H3,(H,23,27)/t18-/m0/s1. The van der Waals surface area contributed by atoms with Crippen LogP contribution in [0.25, 0.3) is 10.8 Å². The second-order valence-electron chi connectivity index (χ2n) is 7.00. The summed E-state index contributed by atoms with van der Waals surface area (Å²) in [5.41, 5.74) is 0.619. The molecule has 2 aromatic carbocycles. The van der Waals surface area contributed by atoms with Crippen LogP contribution in [-0.4, -0.2) is 27.8 Å². The number of esters is 1. The minimum absolute atomic E-state index is 0.0162. The summed E-state index contributed by atoms with van der Waals surface area (Å²) in [6, 6.07) is 15.4. The molecular formula is C22H23N3O4. The third kappa shape index (κ3) is 4.68. The van der Waals surface area contributed by atoms with Gasteiger partial charge in [-0.2, -0.15) is 5.10 Å². The average Bonchev–Trinajstić information content (AvgIpc) is 2.70. The van der Waals surface area contributed by atoms with Crippen LogP contribution in [0.1, 0.15) is 42.4 Å². The van der Waals surface area contributed by atoms with Gasteiger partial charge < -0.3 is 10.1 Å². The van der Waals surface area contributed by atoms with Crippen molar-refractivity contribution in [2.75, 3.05) is 0 Å². The number of rotatable bonds is 6. The van der Waals surface area contributed by atoms with Gasteiger partial charge in [-0.05, 0) is 25.5 Å². The van der Waals surface area contributed by atoms with Crippen LogP contribution >= 0.6 is 0 Å². The molecule has 1 heterocycles. The number of fused-ring (bicyclic) bond motifs is 1. The van der Waals surface area contributed by atoms with E-state index < -0.39 is 17.9 Å². The Morgan fingerprint density at radius 3 is 2.31 bits per heavy atom. The quantitative estimate of drug-likeness (QED) is 0.651. The molecule has 0 bridgehead atoms. The largest absolute Gasteiger partial charge is 0.463 e. The van der Waals surface area contributed by atoms with Crippen molar-refractivity contribution < 1.29 is 14.3 Å². The van der Waals surface area contributed by atoms with Crippen molar-refractivity contribution in [3.63, 3.8) is 0 Å². The molecule has 7 nitrogen and oxygen atoms in total. The Labute approximate surface area is 168 Å². The second kappa shape index (κ2) is 8.68. The summed E-state index contributed by atoms with van der Waals surface area (Å²) in [5, 5.41) is 7.90. The van der Waals surface area contributed by atoms with Crippen LogP contribution in [0.3, 0.4) is 0 Å². The van der Waals surface area contributed by atoms with Gasteiger partial charge in [0.15, 0.2) is 5.69 Å². The summed E-state index contributed by atoms with van der Waals surface area (Å²) >= 11 is 0. The number of aryl methyl sites for hydroxylation is 1. The predicted octanol–water partition coefficient (Wildman–Crippen LogP) is 2.75. The third-order valence-electron chi connectivity index (χ3n) is 4.42. The Kier molecular flexibility index (Phi) is 6.07. The molecular weight excluding hydrogens is 370 g/mol. The zero-order valence-corrected chi connectivity index (χ0v) is 16.6. The van der Waals surface area contributed by atoms with Gasteiger partial charge in [-0.3, -0.25) is 14.4 Å². The molecule has 150 valence electrons. The van der Waals surface area contributed by atoms with Gasteiger partial charge >= 0.3 is 5.97 Å². The first kappa shape index (κ1) is 20.3. The molecule has 29 heavy (non-hydrogen) atoms. The molecule has 0 aliphatic carbocycles. The molecule has 3 rings (SSSR count). The molecule has 0 saturated heterocycles. The van der Waals surface area contributed by atoms with Crippen molar-refractivity contribution in [2.45, 2.75) is 32.4 Å². The monoisotopic (exact) mass is 393 g/mol. The fraction of sp³-hybridized carbons (Fsp3) is 0.273. The van der Waals surface area contributed by atoms with Crippen molar-refractivity contribution >= 4 is 22.6 Å². The van der Waals surface area contributed by atoms with E-state index in [0.29, 0.717) is 10.8 Å². The molecule has 0 fully saturated rings. The summed E-state index contributed by atoms with van der Waals surface area (Å²) in [6.45, 7) is 3.54. The van der Waals surface area contributed by atoms with Gasteiger partial charge in [0.25, 0.3) is 11.5 Å². The maximum Gasteiger partial charge on any atom is 0.308 e. The van der Waals surface area contributed by atoms with E-state index in [9.17, 15) is 14.4 Å². The Morgan fingerprint density at radius 1 is 1.03 bits per heavy atom. The highest BCUT2D eigenvalue weighted by Gasteiger charge is 2.23. The Balaban J connectivity index is 1.95. The summed E-state index contributed by atoms with van der Waals surface area (Å²) in [7, 11) is 1.50. The molecule has 0 unspecified atom stereocenters. The number of amides is 1. The van der Waals surface area contributed by atoms with Crippen molar-refractivity contribution in [3.05, 3.63) is 76.2 Å². The second-order valence-corrected chi connectivity index (χ2v) is 7.00. The van der Waals surface area contributed by atoms with Gasteiger partial charge in [-0.15, -0.1) is 0 Å². The van der Waals surface area contributed by atoms with Crippen molar-refractivity contribution in [1.82, 2.24) is 15.1 Å². The molecule has 1 amide bonds. The van der Waals surface area contributed by atoms with Crippen LogP contribution in [0.2, 0.25) is 0 Å². The summed E-state index contributed by atoms with van der Waals surface area (Å²) in [6.07, 6.45) is -0.263. The van der Waals surface area contributed by atoms with Gasteiger partial charge in [-0.1, -0.05) is 48.5 Å². The smallest absolute Gasteiger partial charge is 0.308 e. The summed E-state index contributed by atoms with van der Waals surface area (Å²) < 4.78 is 6.38. The summed E-state index contributed by atoms with van der Waals surface area (Å²) in [5.74, 6) is -0.879. The van der Waals surface area contributed by atoms with Crippen molar-refractivity contribution in [1.29, 1.82) is 0 Å². The molecule has 1 N–H and O–H groups in total. The van der Waals surface area contributed by atoms with Gasteiger partial charge in [0, 0.05) is 12.4 Å². The topological polar surface area (TPSA) is 90.3 Å². The van der Waals surface area contributed by atoms with Crippen LogP contribution in [0, 0.1) is 0 Å². The van der Waals surface area contributed by atoms with E-state index in [2.05, 4.69) is 10.4 Å². The molecule has 1 aromatic heterocycles. The van der Waals surface area contributed by atoms with Crippen LogP contribution in [0.4, 0.5) is 0 Å². The van der Waals surface area contributed by atoms with Crippen LogP contribution in [0.15, 0.2) is 59.4 Å². The first-order valence-electron chi connectivity index (χ1n) is 9.38. The van der Waals surface area contributed by atoms with Crippen LogP contribution < -0.4 is 10.9 Å². The number of carbonyl (C=O) groups excluding carboxylic acids is 2. The molecule has 0 radical (unpaired) electrons.